The number of aryl methyl sites for hydroxylation is 10. The van der Waals surface area contributed by atoms with Crippen molar-refractivity contribution in [1.82, 2.24) is 0 Å². The van der Waals surface area contributed by atoms with Gasteiger partial charge in [-0.3, -0.25) is 9.59 Å². The molecule has 612 valence electrons. The van der Waals surface area contributed by atoms with Gasteiger partial charge in [0.05, 0.1) is 33.9 Å². The van der Waals surface area contributed by atoms with Crippen LogP contribution < -0.4 is 18.9 Å². The zero-order chi connectivity index (χ0) is 80.4. The molecule has 0 aliphatic heterocycles. The summed E-state index contributed by atoms with van der Waals surface area (Å²) in [5.41, 5.74) is 22.3. The molecule has 10 aromatic carbocycles. The zero-order valence-electron chi connectivity index (χ0n) is 67.9. The van der Waals surface area contributed by atoms with E-state index in [-0.39, 0.29) is 48.2 Å². The number of phenols is 2. The van der Waals surface area contributed by atoms with E-state index in [4.69, 9.17) is 48.1 Å². The molecule has 0 aliphatic rings. The standard InChI is InChI=1S/C28H36O2Si.C25H30OSi.C11H15BrO2.C11H16O3.C11H14O3.C8H8O2.3CH4/c1-6-29-21-30-28-24(4)12-9-15-27(28)20-31(5,18-25-13-7-10-22(2)16-25)19-26-14-8-11-23(3)17-26;1-19-8-5-11-22(14-19)16-27(4,17-23-12-6-9-20(2)15-23)18-24-13-7-10-21(3)25(24)26;3*1-3-13-8-14-11-9(2)5-4-6-10(11)7-12;1-6-3-2-4-7(5-9)8(6)10;;;/h7-17H,6,18-21H2,1-5H3;5-15,26H,16-18H2,1-4H3;4-6H,3,7-8H2,1-2H3;4-6,12H,3,7-8H2,1-2H3;4-7H,3,8H2,1-2H3;2-5,10H,1H3;3*1H4. The van der Waals surface area contributed by atoms with Crippen molar-refractivity contribution in [2.24, 2.45) is 0 Å². The van der Waals surface area contributed by atoms with E-state index in [1.165, 1.54) is 55.6 Å². The van der Waals surface area contributed by atoms with Crippen LogP contribution in [0.3, 0.4) is 0 Å². The van der Waals surface area contributed by atoms with Crippen LogP contribution in [0.5, 0.6) is 34.5 Å². The second-order valence-electron chi connectivity index (χ2n) is 28.5. The van der Waals surface area contributed by atoms with Gasteiger partial charge < -0.3 is 53.2 Å². The third-order valence-electron chi connectivity index (χ3n) is 18.3. The number of aromatic hydroxyl groups is 2. The highest BCUT2D eigenvalue weighted by Gasteiger charge is 2.32. The predicted octanol–water partition coefficient (Wildman–Crippen LogP) is 23.5. The van der Waals surface area contributed by atoms with Crippen molar-refractivity contribution in [2.45, 2.75) is 181 Å². The first kappa shape index (κ1) is 100. The first-order valence-corrected chi connectivity index (χ1v) is 45.3. The molecule has 10 aromatic rings. The van der Waals surface area contributed by atoms with Gasteiger partial charge in [0.15, 0.2) is 39.7 Å². The van der Waals surface area contributed by atoms with Gasteiger partial charge in [-0.2, -0.15) is 0 Å². The lowest BCUT2D eigenvalue weighted by Gasteiger charge is -2.30. The summed E-state index contributed by atoms with van der Waals surface area (Å²) in [5.74, 6) is 3.82. The van der Waals surface area contributed by atoms with Crippen molar-refractivity contribution < 1.29 is 62.8 Å². The van der Waals surface area contributed by atoms with Crippen LogP contribution in [-0.4, -0.2) is 97.6 Å². The van der Waals surface area contributed by atoms with E-state index in [9.17, 15) is 14.7 Å². The molecule has 0 spiro atoms. The summed E-state index contributed by atoms with van der Waals surface area (Å²) in [6.45, 7) is 36.8. The number of benzene rings is 10. The maximum absolute atomic E-state index is 10.7. The Bertz CT molecular complexity index is 4250. The molecule has 3 N–H and O–H groups in total. The molecule has 113 heavy (non-hydrogen) atoms. The van der Waals surface area contributed by atoms with Crippen LogP contribution in [0.1, 0.15) is 171 Å². The lowest BCUT2D eigenvalue weighted by molar-refractivity contribution is 0.0206. The molecule has 10 rings (SSSR count). The van der Waals surface area contributed by atoms with Gasteiger partial charge in [0, 0.05) is 42.9 Å². The molecule has 0 saturated heterocycles. The van der Waals surface area contributed by atoms with Crippen molar-refractivity contribution in [3.8, 4) is 34.5 Å². The van der Waals surface area contributed by atoms with Gasteiger partial charge in [-0.15, -0.1) is 0 Å². The van der Waals surface area contributed by atoms with Crippen LogP contribution in [0.2, 0.25) is 13.1 Å². The maximum Gasteiger partial charge on any atom is 0.189 e. The highest BCUT2D eigenvalue weighted by molar-refractivity contribution is 9.08. The first-order chi connectivity index (χ1) is 52.9. The van der Waals surface area contributed by atoms with Crippen LogP contribution >= 0.6 is 15.9 Å². The van der Waals surface area contributed by atoms with Gasteiger partial charge in [0.1, 0.15) is 34.5 Å². The number of aliphatic hydroxyl groups is 1. The van der Waals surface area contributed by atoms with Crippen LogP contribution in [0.25, 0.3) is 0 Å². The summed E-state index contributed by atoms with van der Waals surface area (Å²) in [5, 5.41) is 29.7. The van der Waals surface area contributed by atoms with Crippen LogP contribution in [0.15, 0.2) is 206 Å². The SMILES string of the molecule is C.C.C.CCOCOc1c(C)cccc1C=O.CCOCOc1c(C)cccc1CBr.CCOCOc1c(C)cccc1CO.CCOCOc1c(C)cccc1C[Si](C)(Cc1cccc(C)c1)Cc1cccc(C)c1.Cc1cccc(C=O)c1O.Cc1cccc(C[Si](C)(Cc2cccc(C)c2)Cc2cccc(C)c2O)c1. The number of carbonyl (C=O) groups is 2. The van der Waals surface area contributed by atoms with Crippen molar-refractivity contribution in [3.05, 3.63) is 318 Å². The van der Waals surface area contributed by atoms with Crippen LogP contribution in [0.4, 0.5) is 0 Å². The number of hydrogen-bond donors (Lipinski definition) is 3. The number of aliphatic hydroxyl groups excluding tert-OH is 1. The largest absolute Gasteiger partial charge is 0.507 e. The number of carbonyl (C=O) groups excluding carboxylic acids is 2. The van der Waals surface area contributed by atoms with Crippen LogP contribution in [0, 0.1) is 69.2 Å². The Morgan fingerprint density at radius 2 is 0.602 bits per heavy atom. The third-order valence-corrected chi connectivity index (χ3v) is 26.5. The Morgan fingerprint density at radius 1 is 0.327 bits per heavy atom. The van der Waals surface area contributed by atoms with E-state index in [2.05, 4.69) is 191 Å². The molecule has 0 fully saturated rings. The van der Waals surface area contributed by atoms with Crippen LogP contribution in [-0.2, 0) is 67.1 Å². The number of rotatable bonds is 32. The molecule has 0 unspecified atom stereocenters. The molecular weight excluding hydrogens is 1510 g/mol. The summed E-state index contributed by atoms with van der Waals surface area (Å²) >= 11 is 3.43. The van der Waals surface area contributed by atoms with Gasteiger partial charge in [-0.1, -0.05) is 290 Å². The molecule has 0 aliphatic carbocycles. The van der Waals surface area contributed by atoms with Gasteiger partial charge in [0.25, 0.3) is 0 Å². The Balaban J connectivity index is 0.000000479. The number of para-hydroxylation sites is 6. The lowest BCUT2D eigenvalue weighted by atomic mass is 10.1. The number of ether oxygens (including phenoxy) is 8. The lowest BCUT2D eigenvalue weighted by Crippen LogP contribution is -2.40. The van der Waals surface area contributed by atoms with Gasteiger partial charge in [-0.05, 0) is 190 Å². The number of hydrogen-bond acceptors (Lipinski definition) is 13. The summed E-state index contributed by atoms with van der Waals surface area (Å²) in [6.07, 6.45) is 1.43. The molecule has 0 atom stereocenters. The van der Waals surface area contributed by atoms with E-state index in [0.717, 1.165) is 110 Å². The quantitative estimate of drug-likeness (QED) is 0.0120. The molecule has 0 radical (unpaired) electrons. The molecule has 13 nitrogen and oxygen atoms in total. The third kappa shape index (κ3) is 35.1. The summed E-state index contributed by atoms with van der Waals surface area (Å²) in [6, 6.07) is 77.4. The molecule has 0 aromatic heterocycles. The van der Waals surface area contributed by atoms with E-state index in [1.54, 1.807) is 31.2 Å². The number of alkyl halides is 1. The number of aldehydes is 2. The number of phenolic OH excluding ortho intramolecular Hbond substituents is 2. The predicted molar refractivity (Wildman–Crippen MR) is 479 cm³/mol. The molecule has 0 heterocycles. The molecule has 0 amide bonds. The highest BCUT2D eigenvalue weighted by atomic mass is 79.9. The Labute approximate surface area is 689 Å². The van der Waals surface area contributed by atoms with E-state index < -0.39 is 16.1 Å². The Morgan fingerprint density at radius 3 is 0.938 bits per heavy atom. The zero-order valence-corrected chi connectivity index (χ0v) is 71.5. The van der Waals surface area contributed by atoms with E-state index in [1.807, 2.05) is 110 Å². The van der Waals surface area contributed by atoms with Crippen molar-refractivity contribution in [3.63, 3.8) is 0 Å². The fourth-order valence-electron chi connectivity index (χ4n) is 13.0. The average Bonchev–Trinajstić information content (AvgIpc) is 0.811. The summed E-state index contributed by atoms with van der Waals surface area (Å²) in [4.78, 5) is 20.9. The second-order valence-corrected chi connectivity index (χ2v) is 38.4. The Hall–Kier alpha value is -8.95. The second kappa shape index (κ2) is 53.9. The van der Waals surface area contributed by atoms with Crippen molar-refractivity contribution >= 4 is 44.7 Å². The normalized spacial score (nSPS) is 10.5. The van der Waals surface area contributed by atoms with Gasteiger partial charge in [-0.25, -0.2) is 0 Å². The summed E-state index contributed by atoms with van der Waals surface area (Å²) < 4.78 is 43.2. The smallest absolute Gasteiger partial charge is 0.189 e. The first-order valence-electron chi connectivity index (χ1n) is 37.9. The average molecular weight is 1640 g/mol. The maximum atomic E-state index is 10.7. The summed E-state index contributed by atoms with van der Waals surface area (Å²) in [7, 11) is -3.47. The molecule has 0 bridgehead atoms. The van der Waals surface area contributed by atoms with Gasteiger partial charge >= 0.3 is 0 Å². The fraction of sp³-hybridized carbons (Fsp3) is 0.361. The van der Waals surface area contributed by atoms with Gasteiger partial charge in [0.2, 0.25) is 0 Å². The fourth-order valence-corrected chi connectivity index (χ4v) is 21.4. The molecule has 0 saturated carbocycles. The highest BCUT2D eigenvalue weighted by Crippen LogP contribution is 2.33. The monoisotopic (exact) mass is 1640 g/mol. The topological polar surface area (TPSA) is 169 Å². The minimum Gasteiger partial charge on any atom is -0.507 e. The minimum atomic E-state index is -1.74. The van der Waals surface area contributed by atoms with Crippen molar-refractivity contribution in [1.29, 1.82) is 0 Å². The van der Waals surface area contributed by atoms with E-state index >= 15 is 0 Å². The Kier molecular flexibility index (Phi) is 47.8. The number of halogens is 1. The molecular formula is C97H131BrO13Si2. The molecule has 16 heteroatoms. The van der Waals surface area contributed by atoms with Crippen molar-refractivity contribution in [2.75, 3.05) is 53.6 Å². The minimum absolute atomic E-state index is 0. The van der Waals surface area contributed by atoms with E-state index in [0.29, 0.717) is 68.9 Å².